The van der Waals surface area contributed by atoms with Gasteiger partial charge in [-0.25, -0.2) is 9.78 Å². The van der Waals surface area contributed by atoms with Crippen molar-refractivity contribution in [3.63, 3.8) is 0 Å². The predicted molar refractivity (Wildman–Crippen MR) is 65.2 cm³/mol. The molecule has 0 saturated heterocycles. The van der Waals surface area contributed by atoms with Gasteiger partial charge in [-0.1, -0.05) is 0 Å². The second kappa shape index (κ2) is 4.61. The van der Waals surface area contributed by atoms with Gasteiger partial charge in [0.1, 0.15) is 4.88 Å². The van der Waals surface area contributed by atoms with Crippen molar-refractivity contribution in [2.24, 2.45) is 0 Å². The van der Waals surface area contributed by atoms with Crippen LogP contribution in [0.25, 0.3) is 0 Å². The SMILES string of the molecule is Cc1cc(NC(=O)c2ocnc2C)sc1C(=O)O. The summed E-state index contributed by atoms with van der Waals surface area (Å²) in [5, 5.41) is 12.0. The fourth-order valence-electron chi connectivity index (χ4n) is 1.44. The molecule has 2 rings (SSSR count). The molecule has 2 aromatic heterocycles. The summed E-state index contributed by atoms with van der Waals surface area (Å²) in [4.78, 5) is 26.7. The van der Waals surface area contributed by atoms with Gasteiger partial charge in [-0.3, -0.25) is 4.79 Å². The molecule has 18 heavy (non-hydrogen) atoms. The van der Waals surface area contributed by atoms with Gasteiger partial charge >= 0.3 is 5.97 Å². The number of hydrogen-bond acceptors (Lipinski definition) is 5. The first-order valence-corrected chi connectivity index (χ1v) is 5.86. The van der Waals surface area contributed by atoms with Crippen LogP contribution in [0, 0.1) is 13.8 Å². The van der Waals surface area contributed by atoms with Gasteiger partial charge in [0.25, 0.3) is 5.91 Å². The number of nitrogens with one attached hydrogen (secondary N) is 1. The highest BCUT2D eigenvalue weighted by Crippen LogP contribution is 2.27. The van der Waals surface area contributed by atoms with Crippen molar-refractivity contribution in [2.45, 2.75) is 13.8 Å². The molecule has 0 aliphatic carbocycles. The van der Waals surface area contributed by atoms with E-state index in [1.807, 2.05) is 0 Å². The molecular weight excluding hydrogens is 256 g/mol. The number of aromatic nitrogens is 1. The fraction of sp³-hybridized carbons (Fsp3) is 0.182. The average Bonchev–Trinajstić information content (AvgIpc) is 2.84. The Kier molecular flexibility index (Phi) is 3.15. The summed E-state index contributed by atoms with van der Waals surface area (Å²) < 4.78 is 4.95. The van der Waals surface area contributed by atoms with Crippen molar-refractivity contribution < 1.29 is 19.1 Å². The number of hydrogen-bond donors (Lipinski definition) is 2. The summed E-state index contributed by atoms with van der Waals surface area (Å²) in [5.74, 6) is -1.32. The van der Waals surface area contributed by atoms with Crippen LogP contribution in [0.15, 0.2) is 16.9 Å². The minimum Gasteiger partial charge on any atom is -0.477 e. The van der Waals surface area contributed by atoms with Crippen LogP contribution in [-0.4, -0.2) is 22.0 Å². The van der Waals surface area contributed by atoms with Crippen LogP contribution >= 0.6 is 11.3 Å². The minimum absolute atomic E-state index is 0.123. The van der Waals surface area contributed by atoms with Crippen molar-refractivity contribution in [3.05, 3.63) is 34.4 Å². The molecule has 2 aromatic rings. The third-order valence-corrected chi connectivity index (χ3v) is 3.44. The summed E-state index contributed by atoms with van der Waals surface area (Å²) in [6.07, 6.45) is 1.19. The second-order valence-corrected chi connectivity index (χ2v) is 4.70. The van der Waals surface area contributed by atoms with Crippen LogP contribution < -0.4 is 5.32 Å². The first-order valence-electron chi connectivity index (χ1n) is 5.04. The Morgan fingerprint density at radius 1 is 1.44 bits per heavy atom. The zero-order valence-electron chi connectivity index (χ0n) is 9.68. The molecular formula is C11H10N2O4S. The summed E-state index contributed by atoms with van der Waals surface area (Å²) in [6.45, 7) is 3.33. The summed E-state index contributed by atoms with van der Waals surface area (Å²) >= 11 is 1.01. The Morgan fingerprint density at radius 3 is 2.67 bits per heavy atom. The van der Waals surface area contributed by atoms with E-state index < -0.39 is 11.9 Å². The van der Waals surface area contributed by atoms with E-state index in [9.17, 15) is 9.59 Å². The predicted octanol–water partition coefficient (Wildman–Crippen LogP) is 2.30. The molecule has 0 fully saturated rings. The standard InChI is InChI=1S/C11H10N2O4S/c1-5-3-7(18-9(5)11(15)16)13-10(14)8-6(2)12-4-17-8/h3-4H,1-2H3,(H,13,14)(H,15,16). The second-order valence-electron chi connectivity index (χ2n) is 3.65. The number of carbonyl (C=O) groups excluding carboxylic acids is 1. The number of carbonyl (C=O) groups is 2. The molecule has 0 atom stereocenters. The van der Waals surface area contributed by atoms with Gasteiger partial charge in [0.05, 0.1) is 10.7 Å². The molecule has 2 heterocycles. The molecule has 2 N–H and O–H groups in total. The molecule has 0 aliphatic heterocycles. The van der Waals surface area contributed by atoms with E-state index in [1.54, 1.807) is 19.9 Å². The van der Waals surface area contributed by atoms with Crippen LogP contribution in [-0.2, 0) is 0 Å². The third-order valence-electron chi connectivity index (χ3n) is 2.30. The quantitative estimate of drug-likeness (QED) is 0.889. The molecule has 0 spiro atoms. The molecule has 0 saturated carbocycles. The molecule has 0 unspecified atom stereocenters. The highest BCUT2D eigenvalue weighted by Gasteiger charge is 2.17. The topological polar surface area (TPSA) is 92.4 Å². The maximum atomic E-state index is 11.8. The van der Waals surface area contributed by atoms with E-state index in [4.69, 9.17) is 9.52 Å². The van der Waals surface area contributed by atoms with Gasteiger partial charge in [-0.05, 0) is 25.5 Å². The monoisotopic (exact) mass is 266 g/mol. The Morgan fingerprint density at radius 2 is 2.17 bits per heavy atom. The van der Waals surface area contributed by atoms with Crippen LogP contribution in [0.1, 0.15) is 31.5 Å². The molecule has 1 amide bonds. The fourth-order valence-corrected chi connectivity index (χ4v) is 2.35. The number of carboxylic acids is 1. The highest BCUT2D eigenvalue weighted by molar-refractivity contribution is 7.18. The largest absolute Gasteiger partial charge is 0.477 e. The lowest BCUT2D eigenvalue weighted by atomic mass is 10.3. The average molecular weight is 266 g/mol. The molecule has 94 valence electrons. The van der Waals surface area contributed by atoms with Gasteiger partial charge < -0.3 is 14.8 Å². The molecule has 0 bridgehead atoms. The number of anilines is 1. The molecule has 0 aliphatic rings. The third kappa shape index (κ3) is 2.25. The van der Waals surface area contributed by atoms with Crippen molar-refractivity contribution in [2.75, 3.05) is 5.32 Å². The van der Waals surface area contributed by atoms with Crippen LogP contribution in [0.4, 0.5) is 5.00 Å². The lowest BCUT2D eigenvalue weighted by molar-refractivity contribution is 0.0701. The van der Waals surface area contributed by atoms with Crippen molar-refractivity contribution >= 4 is 28.2 Å². The van der Waals surface area contributed by atoms with E-state index in [0.29, 0.717) is 16.3 Å². The Hall–Kier alpha value is -2.15. The summed E-state index contributed by atoms with van der Waals surface area (Å²) in [6, 6.07) is 1.61. The van der Waals surface area contributed by atoms with Crippen molar-refractivity contribution in [1.29, 1.82) is 0 Å². The molecule has 0 radical (unpaired) electrons. The molecule has 6 nitrogen and oxygen atoms in total. The number of rotatable bonds is 3. The zero-order valence-corrected chi connectivity index (χ0v) is 10.5. The normalized spacial score (nSPS) is 10.3. The van der Waals surface area contributed by atoms with Gasteiger partial charge in [-0.2, -0.15) is 0 Å². The first-order chi connectivity index (χ1) is 8.49. The Bertz CT molecular complexity index is 614. The first kappa shape index (κ1) is 12.3. The number of nitrogens with zero attached hydrogens (tertiary/aromatic N) is 1. The minimum atomic E-state index is -1.01. The molecule has 0 aromatic carbocycles. The lowest BCUT2D eigenvalue weighted by Gasteiger charge is -1.98. The van der Waals surface area contributed by atoms with Crippen molar-refractivity contribution in [3.8, 4) is 0 Å². The number of aryl methyl sites for hydroxylation is 2. The Labute approximate surface area is 106 Å². The van der Waals surface area contributed by atoms with Gasteiger partial charge in [0, 0.05) is 0 Å². The van der Waals surface area contributed by atoms with Crippen LogP contribution in [0.3, 0.4) is 0 Å². The van der Waals surface area contributed by atoms with E-state index in [-0.39, 0.29) is 10.6 Å². The highest BCUT2D eigenvalue weighted by atomic mass is 32.1. The van der Waals surface area contributed by atoms with E-state index >= 15 is 0 Å². The number of thiophene rings is 1. The van der Waals surface area contributed by atoms with E-state index in [0.717, 1.165) is 11.3 Å². The van der Waals surface area contributed by atoms with Crippen LogP contribution in [0.2, 0.25) is 0 Å². The van der Waals surface area contributed by atoms with Crippen LogP contribution in [0.5, 0.6) is 0 Å². The molecule has 7 heteroatoms. The lowest BCUT2D eigenvalue weighted by Crippen LogP contribution is -2.11. The number of oxazole rings is 1. The van der Waals surface area contributed by atoms with E-state index in [2.05, 4.69) is 10.3 Å². The summed E-state index contributed by atoms with van der Waals surface area (Å²) in [5.41, 5.74) is 1.09. The maximum absolute atomic E-state index is 11.8. The number of carboxylic acid groups (broad SMARTS) is 1. The van der Waals surface area contributed by atoms with Gasteiger partial charge in [0.15, 0.2) is 6.39 Å². The number of amides is 1. The maximum Gasteiger partial charge on any atom is 0.346 e. The number of aromatic carboxylic acids is 1. The van der Waals surface area contributed by atoms with Gasteiger partial charge in [-0.15, -0.1) is 11.3 Å². The van der Waals surface area contributed by atoms with E-state index in [1.165, 1.54) is 6.39 Å². The summed E-state index contributed by atoms with van der Waals surface area (Å²) in [7, 11) is 0. The Balaban J connectivity index is 2.20. The van der Waals surface area contributed by atoms with Gasteiger partial charge in [0.2, 0.25) is 5.76 Å². The zero-order chi connectivity index (χ0) is 13.3. The smallest absolute Gasteiger partial charge is 0.346 e. The van der Waals surface area contributed by atoms with Crippen molar-refractivity contribution in [1.82, 2.24) is 4.98 Å².